The molecule has 1 spiro atoms. The monoisotopic (exact) mass is 292 g/mol. The predicted octanol–water partition coefficient (Wildman–Crippen LogP) is -0.0206. The van der Waals surface area contributed by atoms with Crippen molar-refractivity contribution in [2.75, 3.05) is 13.7 Å². The van der Waals surface area contributed by atoms with Crippen LogP contribution in [0.5, 0.6) is 0 Å². The Morgan fingerprint density at radius 1 is 1.24 bits per heavy atom. The zero-order chi connectivity index (χ0) is 15.2. The van der Waals surface area contributed by atoms with Crippen LogP contribution in [0.25, 0.3) is 0 Å². The van der Waals surface area contributed by atoms with Crippen LogP contribution >= 0.6 is 0 Å². The van der Waals surface area contributed by atoms with Crippen molar-refractivity contribution in [3.63, 3.8) is 0 Å². The van der Waals surface area contributed by atoms with E-state index in [0.717, 1.165) is 12.8 Å². The van der Waals surface area contributed by atoms with Gasteiger partial charge < -0.3 is 15.8 Å². The van der Waals surface area contributed by atoms with Gasteiger partial charge in [0.15, 0.2) is 0 Å². The minimum atomic E-state index is -0.416. The fourth-order valence-corrected chi connectivity index (χ4v) is 4.25. The quantitative estimate of drug-likeness (QED) is 0.549. The molecule has 6 nitrogen and oxygen atoms in total. The van der Waals surface area contributed by atoms with E-state index in [1.807, 2.05) is 0 Å². The van der Waals surface area contributed by atoms with E-state index in [2.05, 4.69) is 22.2 Å². The zero-order valence-electron chi connectivity index (χ0n) is 12.0. The number of esters is 1. The Balaban J connectivity index is 1.69. The van der Waals surface area contributed by atoms with Gasteiger partial charge in [-0.3, -0.25) is 14.4 Å². The van der Waals surface area contributed by atoms with Crippen LogP contribution in [0, 0.1) is 29.1 Å². The lowest BCUT2D eigenvalue weighted by Crippen LogP contribution is -2.42. The molecule has 2 amide bonds. The second kappa shape index (κ2) is 4.86. The van der Waals surface area contributed by atoms with Gasteiger partial charge in [0.2, 0.25) is 11.8 Å². The molecule has 0 aliphatic heterocycles. The number of amides is 2. The predicted molar refractivity (Wildman–Crippen MR) is 73.6 cm³/mol. The van der Waals surface area contributed by atoms with Crippen molar-refractivity contribution >= 4 is 17.8 Å². The van der Waals surface area contributed by atoms with Crippen LogP contribution in [-0.2, 0) is 19.1 Å². The number of allylic oxidation sites excluding steroid dienone is 2. The number of carbonyl (C=O) groups is 3. The highest BCUT2D eigenvalue weighted by Crippen LogP contribution is 2.71. The highest BCUT2D eigenvalue weighted by molar-refractivity contribution is 5.89. The molecule has 6 heteroatoms. The molecule has 21 heavy (non-hydrogen) atoms. The zero-order valence-corrected chi connectivity index (χ0v) is 12.0. The molecule has 2 fully saturated rings. The molecule has 3 rings (SSSR count). The fraction of sp³-hybridized carbons (Fsp3) is 0.667. The molecule has 0 radical (unpaired) electrons. The van der Waals surface area contributed by atoms with Crippen LogP contribution in [0.3, 0.4) is 0 Å². The maximum absolute atomic E-state index is 12.4. The second-order valence-corrected chi connectivity index (χ2v) is 6.24. The number of nitrogens with one attached hydrogen (secondary N) is 1. The summed E-state index contributed by atoms with van der Waals surface area (Å²) in [5.74, 6) is -1.53. The molecule has 3 N–H and O–H groups in total. The van der Waals surface area contributed by atoms with Crippen LogP contribution in [0.1, 0.15) is 19.3 Å². The summed E-state index contributed by atoms with van der Waals surface area (Å²) >= 11 is 0. The van der Waals surface area contributed by atoms with Crippen LogP contribution in [-0.4, -0.2) is 31.4 Å². The Morgan fingerprint density at radius 2 is 1.86 bits per heavy atom. The van der Waals surface area contributed by atoms with Gasteiger partial charge in [0, 0.05) is 6.54 Å². The summed E-state index contributed by atoms with van der Waals surface area (Å²) in [5.41, 5.74) is 5.63. The van der Waals surface area contributed by atoms with Crippen molar-refractivity contribution in [2.45, 2.75) is 19.3 Å². The summed E-state index contributed by atoms with van der Waals surface area (Å²) in [6, 6.07) is 0. The molecule has 0 aromatic heterocycles. The third-order valence-electron chi connectivity index (χ3n) is 5.33. The molecular formula is C15H20N2O4. The normalized spacial score (nSPS) is 34.0. The van der Waals surface area contributed by atoms with Gasteiger partial charge in [0.1, 0.15) is 0 Å². The molecule has 0 aromatic rings. The number of hydrogen-bond donors (Lipinski definition) is 2. The first kappa shape index (κ1) is 14.1. The smallest absolute Gasteiger partial charge is 0.307 e. The average molecular weight is 292 g/mol. The third-order valence-corrected chi connectivity index (χ3v) is 5.33. The SMILES string of the molecule is COC(=O)CCNC(=O)C1C(C(N)=O)[C@@H]2C=C[C@H]1C21CC1. The first-order valence-electron chi connectivity index (χ1n) is 7.33. The number of hydrogen-bond acceptors (Lipinski definition) is 4. The number of rotatable bonds is 5. The first-order chi connectivity index (χ1) is 10.0. The standard InChI is InChI=1S/C15H20N2O4/c1-21-10(18)4-7-17-14(20)12-9-3-2-8(11(12)13(16)19)15(9)5-6-15/h2-3,8-9,11-12H,4-7H2,1H3,(H2,16,19)(H,17,20)/t8-,9+,11?,12?/m0/s1. The molecule has 114 valence electrons. The summed E-state index contributed by atoms with van der Waals surface area (Å²) in [7, 11) is 1.31. The molecular weight excluding hydrogens is 272 g/mol. The average Bonchev–Trinajstić information content (AvgIpc) is 3.12. The molecule has 2 unspecified atom stereocenters. The van der Waals surface area contributed by atoms with Gasteiger partial charge in [-0.05, 0) is 30.1 Å². The third kappa shape index (κ3) is 2.04. The van der Waals surface area contributed by atoms with Crippen LogP contribution in [0.2, 0.25) is 0 Å². The largest absolute Gasteiger partial charge is 0.469 e. The summed E-state index contributed by atoms with van der Waals surface area (Å²) in [6.45, 7) is 0.224. The van der Waals surface area contributed by atoms with E-state index in [9.17, 15) is 14.4 Å². The van der Waals surface area contributed by atoms with Crippen molar-refractivity contribution in [2.24, 2.45) is 34.8 Å². The van der Waals surface area contributed by atoms with Gasteiger partial charge in [-0.1, -0.05) is 12.2 Å². The van der Waals surface area contributed by atoms with Crippen molar-refractivity contribution in [1.82, 2.24) is 5.32 Å². The molecule has 2 saturated carbocycles. The van der Waals surface area contributed by atoms with E-state index in [1.54, 1.807) is 0 Å². The second-order valence-electron chi connectivity index (χ2n) is 6.24. The number of methoxy groups -OCH3 is 1. The van der Waals surface area contributed by atoms with Crippen molar-refractivity contribution < 1.29 is 19.1 Å². The lowest BCUT2D eigenvalue weighted by atomic mass is 9.82. The topological polar surface area (TPSA) is 98.5 Å². The minimum Gasteiger partial charge on any atom is -0.469 e. The lowest BCUT2D eigenvalue weighted by molar-refractivity contribution is -0.140. The molecule has 3 aliphatic rings. The van der Waals surface area contributed by atoms with Gasteiger partial charge in [0.05, 0.1) is 25.4 Å². The molecule has 0 aromatic carbocycles. The first-order valence-corrected chi connectivity index (χ1v) is 7.33. The van der Waals surface area contributed by atoms with E-state index in [4.69, 9.17) is 5.73 Å². The van der Waals surface area contributed by atoms with Crippen molar-refractivity contribution in [3.05, 3.63) is 12.2 Å². The molecule has 3 aliphatic carbocycles. The minimum absolute atomic E-state index is 0.101. The number of primary amides is 1. The summed E-state index contributed by atoms with van der Waals surface area (Å²) < 4.78 is 4.53. The number of nitrogens with two attached hydrogens (primary N) is 1. The van der Waals surface area contributed by atoms with Gasteiger partial charge >= 0.3 is 5.97 Å². The Bertz CT molecular complexity index is 524. The van der Waals surface area contributed by atoms with Gasteiger partial charge in [-0.15, -0.1) is 0 Å². The summed E-state index contributed by atoms with van der Waals surface area (Å²) in [5, 5.41) is 2.74. The van der Waals surface area contributed by atoms with Crippen LogP contribution in [0.15, 0.2) is 12.2 Å². The summed E-state index contributed by atoms with van der Waals surface area (Å²) in [4.78, 5) is 35.3. The molecule has 4 atom stereocenters. The van der Waals surface area contributed by atoms with E-state index in [0.29, 0.717) is 0 Å². The van der Waals surface area contributed by atoms with Gasteiger partial charge in [-0.2, -0.15) is 0 Å². The van der Waals surface area contributed by atoms with Crippen LogP contribution < -0.4 is 11.1 Å². The lowest BCUT2D eigenvalue weighted by Gasteiger charge is -2.24. The maximum atomic E-state index is 12.4. The van der Waals surface area contributed by atoms with Crippen LogP contribution in [0.4, 0.5) is 0 Å². The van der Waals surface area contributed by atoms with E-state index < -0.39 is 17.7 Å². The Hall–Kier alpha value is -1.85. The summed E-state index contributed by atoms with van der Waals surface area (Å²) in [6.07, 6.45) is 6.38. The van der Waals surface area contributed by atoms with Crippen molar-refractivity contribution in [1.29, 1.82) is 0 Å². The fourth-order valence-electron chi connectivity index (χ4n) is 4.25. The Kier molecular flexibility index (Phi) is 3.26. The highest BCUT2D eigenvalue weighted by Gasteiger charge is 2.69. The van der Waals surface area contributed by atoms with Crippen molar-refractivity contribution in [3.8, 4) is 0 Å². The Morgan fingerprint density at radius 3 is 2.38 bits per heavy atom. The molecule has 0 heterocycles. The highest BCUT2D eigenvalue weighted by atomic mass is 16.5. The Labute approximate surface area is 123 Å². The van der Waals surface area contributed by atoms with E-state index >= 15 is 0 Å². The maximum Gasteiger partial charge on any atom is 0.307 e. The number of carbonyl (C=O) groups excluding carboxylic acids is 3. The molecule has 2 bridgehead atoms. The number of ether oxygens (including phenoxy) is 1. The van der Waals surface area contributed by atoms with Gasteiger partial charge in [-0.25, -0.2) is 0 Å². The van der Waals surface area contributed by atoms with E-state index in [-0.39, 0.29) is 42.1 Å². The van der Waals surface area contributed by atoms with E-state index in [1.165, 1.54) is 7.11 Å². The van der Waals surface area contributed by atoms with Gasteiger partial charge in [0.25, 0.3) is 0 Å². The molecule has 0 saturated heterocycles.